The van der Waals surface area contributed by atoms with Crippen LogP contribution in [-0.4, -0.2) is 26.9 Å². The first-order valence-corrected chi connectivity index (χ1v) is 8.50. The van der Waals surface area contributed by atoms with Crippen molar-refractivity contribution < 1.29 is 14.5 Å². The minimum Gasteiger partial charge on any atom is -0.473 e. The number of ether oxygens (including phenoxy) is 1. The highest BCUT2D eigenvalue weighted by Gasteiger charge is 2.22. The van der Waals surface area contributed by atoms with E-state index >= 15 is 0 Å². The molecule has 1 unspecified atom stereocenters. The number of thiazole rings is 1. The average Bonchev–Trinajstić information content (AvgIpc) is 3.11. The molecule has 1 atom stereocenters. The number of aromatic nitrogens is 2. The molecule has 3 rings (SSSR count). The van der Waals surface area contributed by atoms with Crippen LogP contribution in [0.3, 0.4) is 0 Å². The Kier molecular flexibility index (Phi) is 5.18. The third-order valence-corrected chi connectivity index (χ3v) is 4.16. The highest BCUT2D eigenvalue weighted by molar-refractivity contribution is 7.14. The van der Waals surface area contributed by atoms with Gasteiger partial charge in [-0.25, -0.2) is 4.98 Å². The van der Waals surface area contributed by atoms with Crippen LogP contribution < -0.4 is 10.1 Å². The summed E-state index contributed by atoms with van der Waals surface area (Å²) in [7, 11) is 0. The first-order valence-electron chi connectivity index (χ1n) is 7.62. The van der Waals surface area contributed by atoms with Crippen molar-refractivity contribution >= 4 is 28.2 Å². The molecule has 8 nitrogen and oxygen atoms in total. The topological polar surface area (TPSA) is 107 Å². The molecule has 1 amide bonds. The number of hydrogen-bond donors (Lipinski definition) is 1. The van der Waals surface area contributed by atoms with Crippen LogP contribution in [0, 0.1) is 10.1 Å². The maximum atomic E-state index is 12.3. The van der Waals surface area contributed by atoms with Crippen molar-refractivity contribution in [2.75, 3.05) is 5.32 Å². The van der Waals surface area contributed by atoms with Gasteiger partial charge in [0, 0.05) is 10.9 Å². The molecule has 0 aliphatic carbocycles. The molecule has 1 aromatic carbocycles. The lowest BCUT2D eigenvalue weighted by Crippen LogP contribution is -2.30. The van der Waals surface area contributed by atoms with Crippen molar-refractivity contribution in [3.05, 3.63) is 64.2 Å². The number of nitrogens with zero attached hydrogens (tertiary/aromatic N) is 3. The van der Waals surface area contributed by atoms with Crippen molar-refractivity contribution in [2.24, 2.45) is 0 Å². The van der Waals surface area contributed by atoms with Gasteiger partial charge in [-0.15, -0.1) is 11.3 Å². The van der Waals surface area contributed by atoms with Crippen LogP contribution in [0.4, 0.5) is 10.9 Å². The van der Waals surface area contributed by atoms with Crippen LogP contribution in [0.25, 0.3) is 11.3 Å². The van der Waals surface area contributed by atoms with Gasteiger partial charge in [0.05, 0.1) is 5.69 Å². The molecule has 2 heterocycles. The van der Waals surface area contributed by atoms with Gasteiger partial charge in [-0.1, -0.05) is 30.3 Å². The number of amides is 1. The number of hydrogen-bond acceptors (Lipinski definition) is 7. The third-order valence-electron chi connectivity index (χ3n) is 3.40. The molecular weight excluding hydrogens is 356 g/mol. The Morgan fingerprint density at radius 2 is 2.04 bits per heavy atom. The van der Waals surface area contributed by atoms with Gasteiger partial charge in [0.25, 0.3) is 5.91 Å². The Morgan fingerprint density at radius 3 is 2.77 bits per heavy atom. The summed E-state index contributed by atoms with van der Waals surface area (Å²) in [5.41, 5.74) is 1.70. The Balaban J connectivity index is 1.67. The number of pyridine rings is 1. The Hall–Kier alpha value is -3.33. The van der Waals surface area contributed by atoms with Crippen LogP contribution >= 0.6 is 11.3 Å². The number of rotatable bonds is 6. The maximum Gasteiger partial charge on any atom is 0.406 e. The molecule has 0 saturated heterocycles. The highest BCUT2D eigenvalue weighted by Crippen LogP contribution is 2.26. The smallest absolute Gasteiger partial charge is 0.406 e. The van der Waals surface area contributed by atoms with Gasteiger partial charge in [0.15, 0.2) is 11.2 Å². The van der Waals surface area contributed by atoms with E-state index in [9.17, 15) is 14.9 Å². The van der Waals surface area contributed by atoms with Gasteiger partial charge in [-0.3, -0.25) is 10.1 Å². The standard InChI is InChI=1S/C17H14N4O4S/c1-11(25-14-8-5-9-18-15(14)21(23)24)16(22)20-17-19-13(10-26-17)12-6-3-2-4-7-12/h2-11H,1H3,(H,19,20,22). The zero-order chi connectivity index (χ0) is 18.5. The van der Waals surface area contributed by atoms with Crippen molar-refractivity contribution in [3.8, 4) is 17.0 Å². The zero-order valence-corrected chi connectivity index (χ0v) is 14.5. The summed E-state index contributed by atoms with van der Waals surface area (Å²) in [6.45, 7) is 1.50. The van der Waals surface area contributed by atoms with E-state index in [1.54, 1.807) is 0 Å². The molecular formula is C17H14N4O4S. The first-order chi connectivity index (χ1) is 12.5. The summed E-state index contributed by atoms with van der Waals surface area (Å²) in [4.78, 5) is 30.6. The fourth-order valence-electron chi connectivity index (χ4n) is 2.13. The number of benzene rings is 1. The summed E-state index contributed by atoms with van der Waals surface area (Å²) in [6.07, 6.45) is 0.332. The van der Waals surface area contributed by atoms with E-state index < -0.39 is 22.8 Å². The van der Waals surface area contributed by atoms with E-state index in [1.807, 2.05) is 35.7 Å². The fraction of sp³-hybridized carbons (Fsp3) is 0.118. The first kappa shape index (κ1) is 17.5. The van der Waals surface area contributed by atoms with Crippen LogP contribution in [-0.2, 0) is 4.79 Å². The van der Waals surface area contributed by atoms with Crippen LogP contribution in [0.5, 0.6) is 5.75 Å². The summed E-state index contributed by atoms with van der Waals surface area (Å²) in [5, 5.41) is 15.9. The minimum absolute atomic E-state index is 0.0655. The summed E-state index contributed by atoms with van der Waals surface area (Å²) in [5.74, 6) is -0.964. The SMILES string of the molecule is CC(Oc1cccnc1[N+](=O)[O-])C(=O)Nc1nc(-c2ccccc2)cs1. The molecule has 0 aliphatic rings. The second kappa shape index (κ2) is 7.70. The molecule has 2 aromatic heterocycles. The molecule has 132 valence electrons. The predicted octanol–water partition coefficient (Wildman–Crippen LogP) is 3.52. The van der Waals surface area contributed by atoms with E-state index in [2.05, 4.69) is 15.3 Å². The quantitative estimate of drug-likeness (QED) is 0.525. The van der Waals surface area contributed by atoms with E-state index in [0.29, 0.717) is 5.13 Å². The molecule has 0 aliphatic heterocycles. The number of carbonyl (C=O) groups is 1. The molecule has 1 N–H and O–H groups in total. The van der Waals surface area contributed by atoms with Crippen molar-refractivity contribution in [3.63, 3.8) is 0 Å². The highest BCUT2D eigenvalue weighted by atomic mass is 32.1. The van der Waals surface area contributed by atoms with Crippen LogP contribution in [0.2, 0.25) is 0 Å². The third kappa shape index (κ3) is 4.01. The second-order valence-corrected chi connectivity index (χ2v) is 6.09. The van der Waals surface area contributed by atoms with E-state index in [4.69, 9.17) is 4.74 Å². The monoisotopic (exact) mass is 370 g/mol. The van der Waals surface area contributed by atoms with Gasteiger partial charge in [0.2, 0.25) is 5.75 Å². The number of carbonyl (C=O) groups excluding carboxylic acids is 1. The van der Waals surface area contributed by atoms with Gasteiger partial charge >= 0.3 is 5.82 Å². The van der Waals surface area contributed by atoms with E-state index in [1.165, 1.54) is 36.6 Å². The fourth-order valence-corrected chi connectivity index (χ4v) is 2.86. The minimum atomic E-state index is -0.957. The average molecular weight is 370 g/mol. The lowest BCUT2D eigenvalue weighted by atomic mass is 10.2. The Labute approximate surface area is 152 Å². The summed E-state index contributed by atoms with van der Waals surface area (Å²) < 4.78 is 5.39. The number of nitro groups is 1. The Bertz CT molecular complexity index is 929. The molecule has 0 bridgehead atoms. The summed E-state index contributed by atoms with van der Waals surface area (Å²) in [6, 6.07) is 12.5. The molecule has 0 spiro atoms. The van der Waals surface area contributed by atoms with Crippen molar-refractivity contribution in [1.29, 1.82) is 0 Å². The van der Waals surface area contributed by atoms with Gasteiger partial charge in [-0.2, -0.15) is 0 Å². The van der Waals surface area contributed by atoms with Crippen LogP contribution in [0.15, 0.2) is 54.0 Å². The lowest BCUT2D eigenvalue weighted by molar-refractivity contribution is -0.390. The Morgan fingerprint density at radius 1 is 1.27 bits per heavy atom. The van der Waals surface area contributed by atoms with E-state index in [0.717, 1.165) is 11.3 Å². The molecule has 0 radical (unpaired) electrons. The number of anilines is 1. The molecule has 26 heavy (non-hydrogen) atoms. The maximum absolute atomic E-state index is 12.3. The number of nitrogens with one attached hydrogen (secondary N) is 1. The van der Waals surface area contributed by atoms with Gasteiger partial charge < -0.3 is 14.9 Å². The largest absolute Gasteiger partial charge is 0.473 e. The molecule has 3 aromatic rings. The van der Waals surface area contributed by atoms with E-state index in [-0.39, 0.29) is 5.75 Å². The second-order valence-electron chi connectivity index (χ2n) is 5.24. The predicted molar refractivity (Wildman–Crippen MR) is 97.2 cm³/mol. The normalized spacial score (nSPS) is 11.6. The zero-order valence-electron chi connectivity index (χ0n) is 13.7. The van der Waals surface area contributed by atoms with Gasteiger partial charge in [0.1, 0.15) is 6.20 Å². The summed E-state index contributed by atoms with van der Waals surface area (Å²) >= 11 is 1.29. The van der Waals surface area contributed by atoms with Crippen molar-refractivity contribution in [1.82, 2.24) is 9.97 Å². The lowest BCUT2D eigenvalue weighted by Gasteiger charge is -2.13. The van der Waals surface area contributed by atoms with Crippen molar-refractivity contribution in [2.45, 2.75) is 13.0 Å². The van der Waals surface area contributed by atoms with Gasteiger partial charge in [-0.05, 0) is 29.0 Å². The molecule has 0 fully saturated rings. The van der Waals surface area contributed by atoms with Crippen LogP contribution in [0.1, 0.15) is 6.92 Å². The molecule has 0 saturated carbocycles. The molecule has 9 heteroatoms.